The van der Waals surface area contributed by atoms with E-state index in [9.17, 15) is 4.79 Å². The second kappa shape index (κ2) is 6.02. The number of fused-ring (bicyclic) bond motifs is 2. The molecule has 2 saturated heterocycles. The van der Waals surface area contributed by atoms with Crippen LogP contribution in [0.25, 0.3) is 6.08 Å². The van der Waals surface area contributed by atoms with Crippen LogP contribution < -0.4 is 0 Å². The first-order valence-electron chi connectivity index (χ1n) is 7.73. The zero-order valence-electron chi connectivity index (χ0n) is 12.7. The number of nitrogens with zero attached hydrogens (tertiary/aromatic N) is 1. The van der Waals surface area contributed by atoms with Crippen molar-refractivity contribution in [1.29, 1.82) is 0 Å². The molecule has 0 aliphatic carbocycles. The minimum Gasteiger partial charge on any atom is -0.469 e. The summed E-state index contributed by atoms with van der Waals surface area (Å²) in [6.45, 7) is 0. The fourth-order valence-electron chi connectivity index (χ4n) is 3.97. The van der Waals surface area contributed by atoms with E-state index in [0.717, 1.165) is 12.8 Å². The van der Waals surface area contributed by atoms with Crippen molar-refractivity contribution in [3.63, 3.8) is 0 Å². The zero-order valence-corrected chi connectivity index (χ0v) is 12.7. The number of rotatable bonds is 3. The van der Waals surface area contributed by atoms with E-state index in [0.29, 0.717) is 12.1 Å². The van der Waals surface area contributed by atoms with Crippen molar-refractivity contribution in [2.24, 2.45) is 11.8 Å². The van der Waals surface area contributed by atoms with Crippen molar-refractivity contribution in [3.05, 3.63) is 42.0 Å². The highest BCUT2D eigenvalue weighted by molar-refractivity contribution is 5.74. The summed E-state index contributed by atoms with van der Waals surface area (Å²) < 4.78 is 5.07. The molecule has 0 aromatic heterocycles. The molecule has 2 aliphatic heterocycles. The first-order chi connectivity index (χ1) is 10.2. The lowest BCUT2D eigenvalue weighted by atomic mass is 9.79. The largest absolute Gasteiger partial charge is 0.469 e. The molecular formula is C18H23NO2. The molecule has 3 rings (SSSR count). The van der Waals surface area contributed by atoms with E-state index in [2.05, 4.69) is 36.2 Å². The van der Waals surface area contributed by atoms with E-state index in [1.807, 2.05) is 18.2 Å². The van der Waals surface area contributed by atoms with Gasteiger partial charge in [0.25, 0.3) is 0 Å². The van der Waals surface area contributed by atoms with Crippen LogP contribution in [0.15, 0.2) is 36.4 Å². The van der Waals surface area contributed by atoms with Crippen LogP contribution >= 0.6 is 0 Å². The molecule has 112 valence electrons. The molecule has 2 heterocycles. The molecule has 2 bridgehead atoms. The van der Waals surface area contributed by atoms with Gasteiger partial charge < -0.3 is 4.74 Å². The summed E-state index contributed by atoms with van der Waals surface area (Å²) in [7, 11) is 3.65. The van der Waals surface area contributed by atoms with Gasteiger partial charge in [-0.25, -0.2) is 0 Å². The number of ether oxygens (including phenoxy) is 1. The van der Waals surface area contributed by atoms with E-state index in [4.69, 9.17) is 4.74 Å². The van der Waals surface area contributed by atoms with Gasteiger partial charge in [-0.05, 0) is 37.8 Å². The molecule has 1 aromatic carbocycles. The van der Waals surface area contributed by atoms with Crippen molar-refractivity contribution in [2.45, 2.75) is 31.3 Å². The Bertz CT molecular complexity index is 525. The maximum Gasteiger partial charge on any atom is 0.310 e. The number of hydrogen-bond donors (Lipinski definition) is 0. The van der Waals surface area contributed by atoms with Gasteiger partial charge in [-0.2, -0.15) is 0 Å². The monoisotopic (exact) mass is 285 g/mol. The second-order valence-corrected chi connectivity index (χ2v) is 6.18. The number of allylic oxidation sites excluding steroid dienone is 1. The SMILES string of the molecule is COC(=O)[C@@H]1[C@H]2CC[C@@H](C[C@@H]1/C=C\c1ccccc1)N2C. The van der Waals surface area contributed by atoms with Crippen LogP contribution in [0.1, 0.15) is 24.8 Å². The molecule has 0 radical (unpaired) electrons. The number of benzene rings is 1. The summed E-state index contributed by atoms with van der Waals surface area (Å²) in [5.41, 5.74) is 1.19. The Balaban J connectivity index is 1.82. The van der Waals surface area contributed by atoms with Crippen LogP contribution in [0, 0.1) is 11.8 Å². The smallest absolute Gasteiger partial charge is 0.310 e. The van der Waals surface area contributed by atoms with Gasteiger partial charge in [-0.3, -0.25) is 9.69 Å². The quantitative estimate of drug-likeness (QED) is 0.800. The van der Waals surface area contributed by atoms with E-state index in [1.54, 1.807) is 0 Å². The third-order valence-corrected chi connectivity index (χ3v) is 5.12. The number of methoxy groups -OCH3 is 1. The summed E-state index contributed by atoms with van der Waals surface area (Å²) in [6.07, 6.45) is 7.72. The maximum atomic E-state index is 12.2. The zero-order chi connectivity index (χ0) is 14.8. The van der Waals surface area contributed by atoms with Gasteiger partial charge in [-0.1, -0.05) is 42.5 Å². The van der Waals surface area contributed by atoms with Gasteiger partial charge in [0.15, 0.2) is 0 Å². The van der Waals surface area contributed by atoms with E-state index >= 15 is 0 Å². The van der Waals surface area contributed by atoms with Crippen LogP contribution in [0.2, 0.25) is 0 Å². The Morgan fingerprint density at radius 3 is 2.76 bits per heavy atom. The molecule has 0 amide bonds. The lowest BCUT2D eigenvalue weighted by Crippen LogP contribution is -2.49. The fourth-order valence-corrected chi connectivity index (χ4v) is 3.97. The lowest BCUT2D eigenvalue weighted by molar-refractivity contribution is -0.151. The van der Waals surface area contributed by atoms with Gasteiger partial charge in [0.1, 0.15) is 0 Å². The van der Waals surface area contributed by atoms with E-state index in [-0.39, 0.29) is 17.8 Å². The first kappa shape index (κ1) is 14.3. The number of hydrogen-bond acceptors (Lipinski definition) is 3. The Kier molecular flexibility index (Phi) is 4.11. The van der Waals surface area contributed by atoms with E-state index in [1.165, 1.54) is 19.1 Å². The van der Waals surface area contributed by atoms with Crippen molar-refractivity contribution < 1.29 is 9.53 Å². The molecule has 4 atom stereocenters. The third-order valence-electron chi connectivity index (χ3n) is 5.12. The number of piperidine rings is 1. The molecular weight excluding hydrogens is 262 g/mol. The number of carbonyl (C=O) groups excluding carboxylic acids is 1. The lowest BCUT2D eigenvalue weighted by Gasteiger charge is -2.40. The van der Waals surface area contributed by atoms with Gasteiger partial charge >= 0.3 is 5.97 Å². The van der Waals surface area contributed by atoms with Crippen LogP contribution in [-0.2, 0) is 9.53 Å². The summed E-state index contributed by atoms with van der Waals surface area (Å²) >= 11 is 0. The fraction of sp³-hybridized carbons (Fsp3) is 0.500. The highest BCUT2D eigenvalue weighted by Gasteiger charge is 2.48. The molecule has 3 nitrogen and oxygen atoms in total. The highest BCUT2D eigenvalue weighted by atomic mass is 16.5. The summed E-state index contributed by atoms with van der Waals surface area (Å²) in [4.78, 5) is 14.6. The predicted molar refractivity (Wildman–Crippen MR) is 83.7 cm³/mol. The predicted octanol–water partition coefficient (Wildman–Crippen LogP) is 2.97. The minimum absolute atomic E-state index is 0.0290. The van der Waals surface area contributed by atoms with Crippen LogP contribution in [0.5, 0.6) is 0 Å². The standard InChI is InChI=1S/C18H23NO2/c1-19-15-10-11-16(19)17(18(20)21-2)14(12-15)9-8-13-6-4-3-5-7-13/h3-9,14-17H,10-12H2,1-2H3/b9-8-/t14-,15-,16+,17-/m0/s1. The Hall–Kier alpha value is -1.61. The number of esters is 1. The van der Waals surface area contributed by atoms with Crippen molar-refractivity contribution in [1.82, 2.24) is 4.90 Å². The molecule has 2 fully saturated rings. The maximum absolute atomic E-state index is 12.2. The van der Waals surface area contributed by atoms with Crippen molar-refractivity contribution in [3.8, 4) is 0 Å². The Morgan fingerprint density at radius 1 is 1.29 bits per heavy atom. The van der Waals surface area contributed by atoms with E-state index < -0.39 is 0 Å². The van der Waals surface area contributed by atoms with Gasteiger partial charge in [0.2, 0.25) is 0 Å². The summed E-state index contributed by atoms with van der Waals surface area (Å²) in [6, 6.07) is 11.2. The Labute approximate surface area is 126 Å². The average Bonchev–Trinajstić information content (AvgIpc) is 2.76. The van der Waals surface area contributed by atoms with Crippen LogP contribution in [0.4, 0.5) is 0 Å². The van der Waals surface area contributed by atoms with Crippen molar-refractivity contribution >= 4 is 12.0 Å². The van der Waals surface area contributed by atoms with Gasteiger partial charge in [0, 0.05) is 12.1 Å². The topological polar surface area (TPSA) is 29.5 Å². The summed E-state index contributed by atoms with van der Waals surface area (Å²) in [5.74, 6) is 0.194. The molecule has 0 unspecified atom stereocenters. The number of carbonyl (C=O) groups is 1. The minimum atomic E-state index is -0.0603. The average molecular weight is 285 g/mol. The van der Waals surface area contributed by atoms with Crippen molar-refractivity contribution in [2.75, 3.05) is 14.2 Å². The molecule has 21 heavy (non-hydrogen) atoms. The van der Waals surface area contributed by atoms with Gasteiger partial charge in [-0.15, -0.1) is 0 Å². The summed E-state index contributed by atoms with van der Waals surface area (Å²) in [5, 5.41) is 0. The molecule has 1 aromatic rings. The van der Waals surface area contributed by atoms with Crippen LogP contribution in [-0.4, -0.2) is 37.1 Å². The molecule has 0 saturated carbocycles. The molecule has 0 spiro atoms. The first-order valence-corrected chi connectivity index (χ1v) is 7.73. The highest BCUT2D eigenvalue weighted by Crippen LogP contribution is 2.42. The molecule has 3 heteroatoms. The molecule has 0 N–H and O–H groups in total. The normalized spacial score (nSPS) is 32.5. The Morgan fingerprint density at radius 2 is 2.05 bits per heavy atom. The van der Waals surface area contributed by atoms with Gasteiger partial charge in [0.05, 0.1) is 13.0 Å². The third kappa shape index (κ3) is 2.75. The molecule has 2 aliphatic rings. The second-order valence-electron chi connectivity index (χ2n) is 6.18. The van der Waals surface area contributed by atoms with Crippen LogP contribution in [0.3, 0.4) is 0 Å².